The number of hydrogen-bond donors (Lipinski definition) is 3. The minimum atomic E-state index is -0.887. The Morgan fingerprint density at radius 2 is 1.67 bits per heavy atom. The molecule has 1 aliphatic rings. The van der Waals surface area contributed by atoms with Crippen LogP contribution >= 0.6 is 0 Å². The summed E-state index contributed by atoms with van der Waals surface area (Å²) in [5, 5.41) is 12.9. The van der Waals surface area contributed by atoms with E-state index in [0.29, 0.717) is 32.0 Å². The molecule has 2 heterocycles. The first-order valence-electron chi connectivity index (χ1n) is 11.4. The van der Waals surface area contributed by atoms with Crippen molar-refractivity contribution in [2.75, 3.05) is 18.4 Å². The number of nitrogens with zero attached hydrogens (tertiary/aromatic N) is 2. The molecule has 1 fully saturated rings. The van der Waals surface area contributed by atoms with E-state index in [4.69, 9.17) is 0 Å². The van der Waals surface area contributed by atoms with Gasteiger partial charge in [-0.25, -0.2) is 13.6 Å². The summed E-state index contributed by atoms with van der Waals surface area (Å²) in [7, 11) is 0. The number of para-hydroxylation sites is 2. The van der Waals surface area contributed by atoms with Gasteiger partial charge < -0.3 is 20.3 Å². The maximum absolute atomic E-state index is 13.4. The summed E-state index contributed by atoms with van der Waals surface area (Å²) < 4.78 is 28.5. The van der Waals surface area contributed by atoms with Crippen molar-refractivity contribution in [1.29, 1.82) is 0 Å². The average Bonchev–Trinajstić information content (AvgIpc) is 3.19. The number of H-pyrrole nitrogens is 1. The van der Waals surface area contributed by atoms with Gasteiger partial charge in [-0.1, -0.05) is 12.1 Å². The van der Waals surface area contributed by atoms with Crippen molar-refractivity contribution < 1.29 is 23.5 Å². The summed E-state index contributed by atoms with van der Waals surface area (Å²) >= 11 is 0. The van der Waals surface area contributed by atoms with Crippen molar-refractivity contribution in [1.82, 2.24) is 14.5 Å². The molecule has 10 heteroatoms. The van der Waals surface area contributed by atoms with E-state index >= 15 is 0 Å². The lowest BCUT2D eigenvalue weighted by Crippen LogP contribution is -2.40. The highest BCUT2D eigenvalue weighted by Crippen LogP contribution is 2.28. The fraction of sp³-hybridized carbons (Fsp3) is 0.192. The number of imidazole rings is 1. The van der Waals surface area contributed by atoms with E-state index in [-0.39, 0.29) is 40.2 Å². The quantitative estimate of drug-likeness (QED) is 0.400. The molecule has 0 saturated carbocycles. The zero-order valence-corrected chi connectivity index (χ0v) is 19.0. The number of likely N-dealkylation sites (tertiary alicyclic amines) is 1. The molecule has 4 aromatic rings. The van der Waals surface area contributed by atoms with Gasteiger partial charge in [-0.2, -0.15) is 0 Å². The summed E-state index contributed by atoms with van der Waals surface area (Å²) in [6, 6.07) is 13.9. The number of amides is 2. The zero-order chi connectivity index (χ0) is 25.4. The van der Waals surface area contributed by atoms with Gasteiger partial charge in [0.1, 0.15) is 17.4 Å². The largest absolute Gasteiger partial charge is 0.507 e. The molecule has 8 nitrogen and oxygen atoms in total. The first-order chi connectivity index (χ1) is 17.3. The molecule has 36 heavy (non-hydrogen) atoms. The van der Waals surface area contributed by atoms with Gasteiger partial charge in [-0.05, 0) is 49.2 Å². The molecule has 0 radical (unpaired) electrons. The van der Waals surface area contributed by atoms with Crippen molar-refractivity contribution in [3.8, 4) is 5.75 Å². The van der Waals surface area contributed by atoms with Gasteiger partial charge >= 0.3 is 5.69 Å². The van der Waals surface area contributed by atoms with Crippen LogP contribution in [-0.2, 0) is 0 Å². The van der Waals surface area contributed by atoms with Crippen LogP contribution in [0.5, 0.6) is 5.75 Å². The van der Waals surface area contributed by atoms with E-state index in [2.05, 4.69) is 10.3 Å². The molecule has 3 N–H and O–H groups in total. The van der Waals surface area contributed by atoms with Gasteiger partial charge in [0.05, 0.1) is 16.6 Å². The van der Waals surface area contributed by atoms with Gasteiger partial charge in [-0.15, -0.1) is 0 Å². The number of hydrogen-bond acceptors (Lipinski definition) is 4. The Morgan fingerprint density at radius 3 is 2.36 bits per heavy atom. The van der Waals surface area contributed by atoms with E-state index in [1.54, 1.807) is 9.47 Å². The number of carbonyl (C=O) groups is 2. The zero-order valence-electron chi connectivity index (χ0n) is 19.0. The first kappa shape index (κ1) is 23.3. The number of carbonyl (C=O) groups excluding carboxylic acids is 2. The number of nitrogens with one attached hydrogen (secondary N) is 2. The van der Waals surface area contributed by atoms with E-state index in [0.717, 1.165) is 23.2 Å². The summed E-state index contributed by atoms with van der Waals surface area (Å²) in [5.74, 6) is -3.24. The number of fused-ring (bicyclic) bond motifs is 1. The van der Waals surface area contributed by atoms with Crippen LogP contribution in [0.15, 0.2) is 65.5 Å². The van der Waals surface area contributed by atoms with Crippen LogP contribution in [0.25, 0.3) is 11.0 Å². The second-order valence-corrected chi connectivity index (χ2v) is 8.68. The second-order valence-electron chi connectivity index (χ2n) is 8.68. The number of aromatic amines is 1. The summed E-state index contributed by atoms with van der Waals surface area (Å²) in [6.45, 7) is 0.803. The summed E-state index contributed by atoms with van der Waals surface area (Å²) in [4.78, 5) is 42.3. The monoisotopic (exact) mass is 492 g/mol. The highest BCUT2D eigenvalue weighted by atomic mass is 19.1. The summed E-state index contributed by atoms with van der Waals surface area (Å²) in [6.07, 6.45) is 1.15. The number of anilines is 1. The van der Waals surface area contributed by atoms with E-state index < -0.39 is 17.5 Å². The number of aromatic hydroxyl groups is 1. The van der Waals surface area contributed by atoms with Gasteiger partial charge in [0.15, 0.2) is 0 Å². The number of rotatable bonds is 4. The molecule has 3 aromatic carbocycles. The molecule has 1 aliphatic heterocycles. The number of benzene rings is 3. The normalized spacial score (nSPS) is 14.2. The molecule has 0 bridgehead atoms. The molecular weight excluding hydrogens is 470 g/mol. The molecular formula is C26H22F2N4O4. The van der Waals surface area contributed by atoms with Crippen LogP contribution < -0.4 is 11.0 Å². The van der Waals surface area contributed by atoms with Crippen molar-refractivity contribution in [2.24, 2.45) is 0 Å². The van der Waals surface area contributed by atoms with Crippen LogP contribution in [-0.4, -0.2) is 44.5 Å². The number of phenols is 1. The predicted octanol–water partition coefficient (Wildman–Crippen LogP) is 4.04. The molecule has 2 amide bonds. The molecule has 0 spiro atoms. The third-order valence-corrected chi connectivity index (χ3v) is 6.35. The molecule has 0 aliphatic carbocycles. The lowest BCUT2D eigenvalue weighted by atomic mass is 10.0. The van der Waals surface area contributed by atoms with E-state index in [1.807, 2.05) is 24.3 Å². The van der Waals surface area contributed by atoms with Crippen LogP contribution in [0.2, 0.25) is 0 Å². The smallest absolute Gasteiger partial charge is 0.326 e. The number of phenolic OH excluding ortho intramolecular Hbond substituents is 1. The van der Waals surface area contributed by atoms with Crippen molar-refractivity contribution >= 4 is 28.5 Å². The first-order valence-corrected chi connectivity index (χ1v) is 11.4. The molecule has 1 aromatic heterocycles. The Kier molecular flexibility index (Phi) is 6.01. The standard InChI is InChI=1S/C26H22F2N4O4/c27-16-11-15(12-17(28)13-16)24(34)29-18-5-6-20(23(33)14-18)25(35)31-9-7-19(8-10-31)32-22-4-2-1-3-21(22)30-26(32)36/h1-6,11-14,19,33H,7-10H2,(H,29,34)(H,30,36). The van der Waals surface area contributed by atoms with Crippen LogP contribution in [0.1, 0.15) is 39.6 Å². The fourth-order valence-electron chi connectivity index (χ4n) is 4.61. The number of halogens is 2. The Morgan fingerprint density at radius 1 is 0.972 bits per heavy atom. The van der Waals surface area contributed by atoms with E-state index in [1.165, 1.54) is 18.2 Å². The lowest BCUT2D eigenvalue weighted by Gasteiger charge is -2.32. The number of piperidine rings is 1. The van der Waals surface area contributed by atoms with Crippen LogP contribution in [0.4, 0.5) is 14.5 Å². The average molecular weight is 492 g/mol. The third kappa shape index (κ3) is 4.45. The molecule has 0 atom stereocenters. The molecule has 184 valence electrons. The Hall–Kier alpha value is -4.47. The molecule has 1 saturated heterocycles. The van der Waals surface area contributed by atoms with Crippen molar-refractivity contribution in [3.63, 3.8) is 0 Å². The SMILES string of the molecule is O=C(Nc1ccc(C(=O)N2CCC(n3c(=O)[nH]c4ccccc43)CC2)c(O)c1)c1cc(F)cc(F)c1. The highest BCUT2D eigenvalue weighted by molar-refractivity contribution is 6.05. The maximum Gasteiger partial charge on any atom is 0.326 e. The van der Waals surface area contributed by atoms with Gasteiger partial charge in [0, 0.05) is 42.5 Å². The topological polar surface area (TPSA) is 107 Å². The lowest BCUT2D eigenvalue weighted by molar-refractivity contribution is 0.0692. The summed E-state index contributed by atoms with van der Waals surface area (Å²) in [5.41, 5.74) is 1.41. The molecule has 5 rings (SSSR count). The number of aromatic nitrogens is 2. The van der Waals surface area contributed by atoms with E-state index in [9.17, 15) is 28.3 Å². The van der Waals surface area contributed by atoms with Crippen molar-refractivity contribution in [3.05, 3.63) is 93.9 Å². The second kappa shape index (κ2) is 9.29. The van der Waals surface area contributed by atoms with Crippen LogP contribution in [0, 0.1) is 11.6 Å². The maximum atomic E-state index is 13.4. The Balaban J connectivity index is 1.26. The Bertz CT molecular complexity index is 1520. The minimum absolute atomic E-state index is 0.0588. The predicted molar refractivity (Wildman–Crippen MR) is 129 cm³/mol. The highest BCUT2D eigenvalue weighted by Gasteiger charge is 2.28. The fourth-order valence-corrected chi connectivity index (χ4v) is 4.61. The van der Waals surface area contributed by atoms with Gasteiger partial charge in [0.2, 0.25) is 0 Å². The Labute approximate surface area is 203 Å². The minimum Gasteiger partial charge on any atom is -0.507 e. The third-order valence-electron chi connectivity index (χ3n) is 6.35. The van der Waals surface area contributed by atoms with Crippen molar-refractivity contribution in [2.45, 2.75) is 18.9 Å². The van der Waals surface area contributed by atoms with Crippen LogP contribution in [0.3, 0.4) is 0 Å². The molecule has 0 unspecified atom stereocenters. The van der Waals surface area contributed by atoms with Gasteiger partial charge in [-0.3, -0.25) is 14.2 Å². The van der Waals surface area contributed by atoms with Gasteiger partial charge in [0.25, 0.3) is 11.8 Å².